The van der Waals surface area contributed by atoms with E-state index in [0.717, 1.165) is 18.7 Å². The van der Waals surface area contributed by atoms with Crippen LogP contribution in [0.3, 0.4) is 0 Å². The molecule has 110 valence electrons. The average Bonchev–Trinajstić information content (AvgIpc) is 3.22. The van der Waals surface area contributed by atoms with Gasteiger partial charge < -0.3 is 11.1 Å². The number of hydrogen-bond donors (Lipinski definition) is 2. The van der Waals surface area contributed by atoms with Crippen LogP contribution in [0.1, 0.15) is 25.1 Å². The normalized spacial score (nSPS) is 15.7. The van der Waals surface area contributed by atoms with Gasteiger partial charge in [-0.2, -0.15) is 0 Å². The largest absolute Gasteiger partial charge is 0.327 e. The maximum Gasteiger partial charge on any atom is 0.226 e. The minimum Gasteiger partial charge on any atom is -0.327 e. The Morgan fingerprint density at radius 1 is 1.48 bits per heavy atom. The number of nitrogens with zero attached hydrogens (tertiary/aromatic N) is 3. The van der Waals surface area contributed by atoms with Gasteiger partial charge in [-0.25, -0.2) is 9.97 Å². The summed E-state index contributed by atoms with van der Waals surface area (Å²) in [6, 6.07) is 3.59. The maximum absolute atomic E-state index is 12.1. The lowest BCUT2D eigenvalue weighted by atomic mass is 10.1. The zero-order valence-corrected chi connectivity index (χ0v) is 12.0. The Balaban J connectivity index is 1.76. The number of carbonyl (C=O) groups excluding carboxylic acids is 1. The third-order valence-corrected chi connectivity index (χ3v) is 3.76. The second-order valence-corrected chi connectivity index (χ2v) is 5.47. The van der Waals surface area contributed by atoms with Crippen LogP contribution in [0.4, 0.5) is 5.69 Å². The number of nitrogens with one attached hydrogen (secondary N) is 1. The van der Waals surface area contributed by atoms with Crippen LogP contribution in [0.2, 0.25) is 0 Å². The van der Waals surface area contributed by atoms with Crippen molar-refractivity contribution < 1.29 is 4.79 Å². The van der Waals surface area contributed by atoms with Gasteiger partial charge in [0, 0.05) is 31.1 Å². The number of nitrogens with two attached hydrogens (primary N) is 1. The molecule has 2 heterocycles. The average molecular weight is 285 g/mol. The number of imidazole rings is 1. The molecule has 0 saturated heterocycles. The van der Waals surface area contributed by atoms with Crippen LogP contribution in [0, 0.1) is 12.8 Å². The molecule has 1 fully saturated rings. The summed E-state index contributed by atoms with van der Waals surface area (Å²) in [6.45, 7) is 1.89. The van der Waals surface area contributed by atoms with E-state index in [-0.39, 0.29) is 11.9 Å². The Bertz CT molecular complexity index is 647. The highest BCUT2D eigenvalue weighted by molar-refractivity contribution is 5.92. The van der Waals surface area contributed by atoms with Gasteiger partial charge in [-0.1, -0.05) is 0 Å². The second kappa shape index (κ2) is 5.65. The number of aryl methyl sites for hydroxylation is 1. The number of carbonyl (C=O) groups is 1. The zero-order valence-electron chi connectivity index (χ0n) is 12.0. The van der Waals surface area contributed by atoms with Gasteiger partial charge in [0.2, 0.25) is 5.91 Å². The van der Waals surface area contributed by atoms with E-state index in [0.29, 0.717) is 23.8 Å². The molecule has 1 aliphatic rings. The quantitative estimate of drug-likeness (QED) is 0.874. The number of anilines is 1. The summed E-state index contributed by atoms with van der Waals surface area (Å²) >= 11 is 0. The van der Waals surface area contributed by atoms with Gasteiger partial charge >= 0.3 is 0 Å². The Hall–Kier alpha value is -2.21. The Morgan fingerprint density at radius 3 is 2.95 bits per heavy atom. The van der Waals surface area contributed by atoms with E-state index in [4.69, 9.17) is 5.73 Å². The summed E-state index contributed by atoms with van der Waals surface area (Å²) in [5.41, 5.74) is 6.67. The summed E-state index contributed by atoms with van der Waals surface area (Å²) in [7, 11) is 0. The van der Waals surface area contributed by atoms with Crippen LogP contribution in [-0.2, 0) is 4.79 Å². The van der Waals surface area contributed by atoms with Crippen LogP contribution < -0.4 is 11.1 Å². The highest BCUT2D eigenvalue weighted by Gasteiger charge is 2.29. The van der Waals surface area contributed by atoms with Crippen LogP contribution in [-0.4, -0.2) is 26.5 Å². The molecule has 0 spiro atoms. The van der Waals surface area contributed by atoms with Crippen molar-refractivity contribution in [1.29, 1.82) is 0 Å². The van der Waals surface area contributed by atoms with Crippen molar-refractivity contribution in [2.45, 2.75) is 32.2 Å². The van der Waals surface area contributed by atoms with Gasteiger partial charge in [-0.15, -0.1) is 0 Å². The van der Waals surface area contributed by atoms with E-state index in [9.17, 15) is 4.79 Å². The first-order valence-corrected chi connectivity index (χ1v) is 7.16. The van der Waals surface area contributed by atoms with Crippen molar-refractivity contribution in [2.75, 3.05) is 5.32 Å². The van der Waals surface area contributed by atoms with E-state index in [1.807, 2.05) is 23.8 Å². The number of aromatic nitrogens is 3. The molecule has 6 nitrogen and oxygen atoms in total. The molecular weight excluding hydrogens is 266 g/mol. The second-order valence-electron chi connectivity index (χ2n) is 5.47. The van der Waals surface area contributed by atoms with E-state index in [1.54, 1.807) is 18.5 Å². The van der Waals surface area contributed by atoms with Crippen LogP contribution in [0.5, 0.6) is 0 Å². The van der Waals surface area contributed by atoms with Crippen molar-refractivity contribution in [1.82, 2.24) is 14.5 Å². The first kappa shape index (κ1) is 13.8. The molecule has 0 bridgehead atoms. The third kappa shape index (κ3) is 3.11. The molecule has 6 heteroatoms. The zero-order chi connectivity index (χ0) is 14.8. The van der Waals surface area contributed by atoms with Crippen molar-refractivity contribution in [2.24, 2.45) is 11.7 Å². The van der Waals surface area contributed by atoms with Gasteiger partial charge in [0.1, 0.15) is 5.82 Å². The van der Waals surface area contributed by atoms with Gasteiger partial charge in [-0.3, -0.25) is 9.36 Å². The SMILES string of the molecule is Cc1nccn1-c1ncccc1NC(=O)CC(N)C1CC1. The lowest BCUT2D eigenvalue weighted by Crippen LogP contribution is -2.29. The van der Waals surface area contributed by atoms with Crippen molar-refractivity contribution in [3.63, 3.8) is 0 Å². The summed E-state index contributed by atoms with van der Waals surface area (Å²) in [4.78, 5) is 20.6. The highest BCUT2D eigenvalue weighted by atomic mass is 16.1. The molecule has 2 aromatic heterocycles. The molecular formula is C15H19N5O. The molecule has 1 unspecified atom stereocenters. The van der Waals surface area contributed by atoms with Gasteiger partial charge in [0.25, 0.3) is 0 Å². The van der Waals surface area contributed by atoms with E-state index in [1.165, 1.54) is 0 Å². The minimum atomic E-state index is -0.0681. The van der Waals surface area contributed by atoms with E-state index < -0.39 is 0 Å². The van der Waals surface area contributed by atoms with Crippen LogP contribution in [0.15, 0.2) is 30.7 Å². The highest BCUT2D eigenvalue weighted by Crippen LogP contribution is 2.33. The smallest absolute Gasteiger partial charge is 0.226 e. The fourth-order valence-corrected chi connectivity index (χ4v) is 2.39. The summed E-state index contributed by atoms with van der Waals surface area (Å²) in [5, 5.41) is 2.91. The standard InChI is InChI=1S/C15H19N5O/c1-10-17-7-8-20(10)15-13(3-2-6-18-15)19-14(21)9-12(16)11-4-5-11/h2-3,6-8,11-12H,4-5,9,16H2,1H3,(H,19,21). The number of amides is 1. The third-order valence-electron chi connectivity index (χ3n) is 3.76. The lowest BCUT2D eigenvalue weighted by Gasteiger charge is -2.13. The molecule has 0 aromatic carbocycles. The predicted molar refractivity (Wildman–Crippen MR) is 80.0 cm³/mol. The molecule has 21 heavy (non-hydrogen) atoms. The number of hydrogen-bond acceptors (Lipinski definition) is 4. The summed E-state index contributed by atoms with van der Waals surface area (Å²) in [5.74, 6) is 1.93. The van der Waals surface area contributed by atoms with Crippen LogP contribution >= 0.6 is 0 Å². The molecule has 1 saturated carbocycles. The van der Waals surface area contributed by atoms with Crippen molar-refractivity contribution in [3.8, 4) is 5.82 Å². The molecule has 3 N–H and O–H groups in total. The lowest BCUT2D eigenvalue weighted by molar-refractivity contribution is -0.116. The van der Waals surface area contributed by atoms with E-state index >= 15 is 0 Å². The summed E-state index contributed by atoms with van der Waals surface area (Å²) < 4.78 is 1.84. The molecule has 1 atom stereocenters. The Morgan fingerprint density at radius 2 is 2.29 bits per heavy atom. The predicted octanol–water partition coefficient (Wildman–Crippen LogP) is 1.64. The fourth-order valence-electron chi connectivity index (χ4n) is 2.39. The topological polar surface area (TPSA) is 85.8 Å². The molecule has 1 amide bonds. The minimum absolute atomic E-state index is 0.0416. The van der Waals surface area contributed by atoms with E-state index in [2.05, 4.69) is 15.3 Å². The van der Waals surface area contributed by atoms with Gasteiger partial charge in [0.15, 0.2) is 5.82 Å². The molecule has 0 aliphatic heterocycles. The van der Waals surface area contributed by atoms with Gasteiger partial charge in [0.05, 0.1) is 5.69 Å². The fraction of sp³-hybridized carbons (Fsp3) is 0.400. The molecule has 1 aliphatic carbocycles. The molecule has 2 aromatic rings. The molecule has 3 rings (SSSR count). The maximum atomic E-state index is 12.1. The Kier molecular flexibility index (Phi) is 3.70. The van der Waals surface area contributed by atoms with Gasteiger partial charge in [-0.05, 0) is 37.8 Å². The first-order valence-electron chi connectivity index (χ1n) is 7.16. The first-order chi connectivity index (χ1) is 10.1. The monoisotopic (exact) mass is 285 g/mol. The summed E-state index contributed by atoms with van der Waals surface area (Å²) in [6.07, 6.45) is 7.85. The van der Waals surface area contributed by atoms with Crippen molar-refractivity contribution >= 4 is 11.6 Å². The number of pyridine rings is 1. The van der Waals surface area contributed by atoms with Crippen LogP contribution in [0.25, 0.3) is 5.82 Å². The molecule has 0 radical (unpaired) electrons. The van der Waals surface area contributed by atoms with Crippen molar-refractivity contribution in [3.05, 3.63) is 36.5 Å². The Labute approximate surface area is 123 Å². The number of rotatable bonds is 5.